The van der Waals surface area contributed by atoms with Crippen molar-refractivity contribution in [2.24, 2.45) is 11.3 Å². The molecule has 1 saturated carbocycles. The van der Waals surface area contributed by atoms with Gasteiger partial charge < -0.3 is 5.32 Å². The number of nitrogens with one attached hydrogen (secondary N) is 1. The standard InChI is InChI=1S/C13H27N/c1-4-10-14-11-9-13(2,3)12-7-5-6-8-12/h12,14H,4-11H2,1-3H3. The van der Waals surface area contributed by atoms with Gasteiger partial charge in [-0.15, -0.1) is 0 Å². The second-order valence-electron chi connectivity index (χ2n) is 5.47. The van der Waals surface area contributed by atoms with Crippen LogP contribution in [-0.2, 0) is 0 Å². The van der Waals surface area contributed by atoms with Gasteiger partial charge in [0, 0.05) is 0 Å². The fraction of sp³-hybridized carbons (Fsp3) is 1.00. The van der Waals surface area contributed by atoms with Gasteiger partial charge in [0.05, 0.1) is 0 Å². The lowest BCUT2D eigenvalue weighted by molar-refractivity contribution is 0.197. The fourth-order valence-electron chi connectivity index (χ4n) is 2.62. The van der Waals surface area contributed by atoms with Crippen LogP contribution in [0.2, 0.25) is 0 Å². The van der Waals surface area contributed by atoms with E-state index < -0.39 is 0 Å². The average Bonchev–Trinajstić information content (AvgIpc) is 2.65. The molecule has 1 aliphatic rings. The third-order valence-electron chi connectivity index (χ3n) is 3.83. The van der Waals surface area contributed by atoms with Crippen molar-refractivity contribution in [3.05, 3.63) is 0 Å². The van der Waals surface area contributed by atoms with Gasteiger partial charge in [-0.2, -0.15) is 0 Å². The Morgan fingerprint density at radius 1 is 1.14 bits per heavy atom. The van der Waals surface area contributed by atoms with E-state index in [9.17, 15) is 0 Å². The molecular formula is C13H27N. The van der Waals surface area contributed by atoms with Crippen molar-refractivity contribution in [2.45, 2.75) is 59.3 Å². The van der Waals surface area contributed by atoms with Crippen molar-refractivity contribution in [3.8, 4) is 0 Å². The molecule has 0 radical (unpaired) electrons. The summed E-state index contributed by atoms with van der Waals surface area (Å²) in [6.07, 6.45) is 8.48. The summed E-state index contributed by atoms with van der Waals surface area (Å²) in [6, 6.07) is 0. The van der Waals surface area contributed by atoms with Gasteiger partial charge in [-0.1, -0.05) is 33.6 Å². The number of hydrogen-bond donors (Lipinski definition) is 1. The van der Waals surface area contributed by atoms with E-state index in [2.05, 4.69) is 26.1 Å². The van der Waals surface area contributed by atoms with Crippen molar-refractivity contribution < 1.29 is 0 Å². The summed E-state index contributed by atoms with van der Waals surface area (Å²) < 4.78 is 0. The highest BCUT2D eigenvalue weighted by Gasteiger charge is 2.30. The Labute approximate surface area is 89.7 Å². The van der Waals surface area contributed by atoms with Gasteiger partial charge in [-0.05, 0) is 50.1 Å². The first kappa shape index (κ1) is 12.0. The summed E-state index contributed by atoms with van der Waals surface area (Å²) in [4.78, 5) is 0. The van der Waals surface area contributed by atoms with Gasteiger partial charge >= 0.3 is 0 Å². The molecule has 1 aliphatic carbocycles. The van der Waals surface area contributed by atoms with Crippen LogP contribution in [0.15, 0.2) is 0 Å². The van der Waals surface area contributed by atoms with Crippen LogP contribution in [0.25, 0.3) is 0 Å². The highest BCUT2D eigenvalue weighted by atomic mass is 14.8. The number of hydrogen-bond acceptors (Lipinski definition) is 1. The predicted molar refractivity (Wildman–Crippen MR) is 63.5 cm³/mol. The lowest BCUT2D eigenvalue weighted by Gasteiger charge is -2.31. The van der Waals surface area contributed by atoms with Crippen molar-refractivity contribution in [2.75, 3.05) is 13.1 Å². The first-order chi connectivity index (χ1) is 6.67. The van der Waals surface area contributed by atoms with Crippen molar-refractivity contribution in [1.29, 1.82) is 0 Å². The van der Waals surface area contributed by atoms with Crippen LogP contribution in [0, 0.1) is 11.3 Å². The van der Waals surface area contributed by atoms with E-state index in [0.717, 1.165) is 5.92 Å². The Hall–Kier alpha value is -0.0400. The topological polar surface area (TPSA) is 12.0 Å². The molecule has 0 aromatic carbocycles. The SMILES string of the molecule is CCCNCCC(C)(C)C1CCCC1. The molecule has 1 nitrogen and oxygen atoms in total. The summed E-state index contributed by atoms with van der Waals surface area (Å²) in [6.45, 7) is 9.53. The van der Waals surface area contributed by atoms with E-state index in [4.69, 9.17) is 0 Å². The van der Waals surface area contributed by atoms with Gasteiger partial charge in [-0.25, -0.2) is 0 Å². The Kier molecular flexibility index (Phi) is 4.94. The lowest BCUT2D eigenvalue weighted by atomic mass is 9.75. The maximum atomic E-state index is 3.51. The molecule has 0 bridgehead atoms. The molecule has 1 heteroatoms. The zero-order chi connectivity index (χ0) is 10.4. The van der Waals surface area contributed by atoms with E-state index in [0.29, 0.717) is 5.41 Å². The molecule has 1 N–H and O–H groups in total. The zero-order valence-electron chi connectivity index (χ0n) is 10.2. The van der Waals surface area contributed by atoms with Crippen molar-refractivity contribution in [3.63, 3.8) is 0 Å². The molecule has 0 heterocycles. The van der Waals surface area contributed by atoms with Crippen LogP contribution in [0.3, 0.4) is 0 Å². The smallest absolute Gasteiger partial charge is 0.00437 e. The summed E-state index contributed by atoms with van der Waals surface area (Å²) in [5.74, 6) is 0.992. The molecule has 1 fully saturated rings. The second kappa shape index (κ2) is 5.75. The van der Waals surface area contributed by atoms with Crippen LogP contribution in [0.1, 0.15) is 59.3 Å². The largest absolute Gasteiger partial charge is 0.317 e. The maximum Gasteiger partial charge on any atom is -0.00437 e. The van der Waals surface area contributed by atoms with Crippen LogP contribution < -0.4 is 5.32 Å². The van der Waals surface area contributed by atoms with Gasteiger partial charge in [0.15, 0.2) is 0 Å². The first-order valence-corrected chi connectivity index (χ1v) is 6.37. The zero-order valence-corrected chi connectivity index (χ0v) is 10.2. The van der Waals surface area contributed by atoms with E-state index in [1.807, 2.05) is 0 Å². The monoisotopic (exact) mass is 197 g/mol. The lowest BCUT2D eigenvalue weighted by Crippen LogP contribution is -2.28. The molecule has 0 amide bonds. The maximum absolute atomic E-state index is 3.51. The van der Waals surface area contributed by atoms with Crippen LogP contribution in [0.4, 0.5) is 0 Å². The molecule has 0 saturated heterocycles. The Bertz CT molecular complexity index is 145. The van der Waals surface area contributed by atoms with E-state index in [1.165, 1.54) is 51.6 Å². The normalized spacial score (nSPS) is 19.1. The van der Waals surface area contributed by atoms with Gasteiger partial charge in [0.25, 0.3) is 0 Å². The minimum atomic E-state index is 0.567. The molecule has 0 aromatic rings. The van der Waals surface area contributed by atoms with Gasteiger partial charge in [0.2, 0.25) is 0 Å². The molecule has 14 heavy (non-hydrogen) atoms. The summed E-state index contributed by atoms with van der Waals surface area (Å²) in [7, 11) is 0. The fourth-order valence-corrected chi connectivity index (χ4v) is 2.62. The third-order valence-corrected chi connectivity index (χ3v) is 3.83. The quantitative estimate of drug-likeness (QED) is 0.642. The first-order valence-electron chi connectivity index (χ1n) is 6.37. The molecule has 0 aromatic heterocycles. The Balaban J connectivity index is 2.19. The molecule has 0 aliphatic heterocycles. The molecule has 0 atom stereocenters. The second-order valence-corrected chi connectivity index (χ2v) is 5.47. The summed E-state index contributed by atoms with van der Waals surface area (Å²) in [5.41, 5.74) is 0.567. The van der Waals surface area contributed by atoms with Gasteiger partial charge in [-0.3, -0.25) is 0 Å². The summed E-state index contributed by atoms with van der Waals surface area (Å²) >= 11 is 0. The third kappa shape index (κ3) is 3.61. The summed E-state index contributed by atoms with van der Waals surface area (Å²) in [5, 5.41) is 3.51. The molecule has 1 rings (SSSR count). The minimum Gasteiger partial charge on any atom is -0.317 e. The van der Waals surface area contributed by atoms with Crippen LogP contribution in [-0.4, -0.2) is 13.1 Å². The van der Waals surface area contributed by atoms with E-state index in [-0.39, 0.29) is 0 Å². The highest BCUT2D eigenvalue weighted by Crippen LogP contribution is 2.41. The Morgan fingerprint density at radius 3 is 2.36 bits per heavy atom. The van der Waals surface area contributed by atoms with Crippen LogP contribution >= 0.6 is 0 Å². The molecule has 0 spiro atoms. The average molecular weight is 197 g/mol. The van der Waals surface area contributed by atoms with E-state index in [1.54, 1.807) is 0 Å². The highest BCUT2D eigenvalue weighted by molar-refractivity contribution is 4.82. The Morgan fingerprint density at radius 2 is 1.79 bits per heavy atom. The van der Waals surface area contributed by atoms with Crippen molar-refractivity contribution >= 4 is 0 Å². The molecule has 84 valence electrons. The number of rotatable bonds is 6. The predicted octanol–water partition coefficient (Wildman–Crippen LogP) is 3.59. The van der Waals surface area contributed by atoms with E-state index >= 15 is 0 Å². The minimum absolute atomic E-state index is 0.567. The molecular weight excluding hydrogens is 170 g/mol. The van der Waals surface area contributed by atoms with Gasteiger partial charge in [0.1, 0.15) is 0 Å². The van der Waals surface area contributed by atoms with Crippen molar-refractivity contribution in [1.82, 2.24) is 5.32 Å². The molecule has 0 unspecified atom stereocenters. The van der Waals surface area contributed by atoms with Crippen LogP contribution in [0.5, 0.6) is 0 Å².